The van der Waals surface area contributed by atoms with Crippen molar-refractivity contribution < 1.29 is 17.9 Å². The van der Waals surface area contributed by atoms with E-state index in [1.54, 1.807) is 0 Å². The molecule has 6 nitrogen and oxygen atoms in total. The monoisotopic (exact) mass is 282 g/mol. The first-order chi connectivity index (χ1) is 7.94. The summed E-state index contributed by atoms with van der Waals surface area (Å²) in [5.74, 6) is 0. The molecule has 98 valence electrons. The van der Waals surface area contributed by atoms with Crippen molar-refractivity contribution in [3.63, 3.8) is 0 Å². The Labute approximate surface area is 105 Å². The molecular formula is C9H15ClN2O4S. The number of methoxy groups -OCH3 is 1. The lowest BCUT2D eigenvalue weighted by molar-refractivity contribution is 0.175. The van der Waals surface area contributed by atoms with Gasteiger partial charge in [-0.3, -0.25) is 0 Å². The number of halogens is 1. The molecule has 2 unspecified atom stereocenters. The van der Waals surface area contributed by atoms with E-state index in [1.807, 2.05) is 4.72 Å². The Morgan fingerprint density at radius 2 is 1.88 bits per heavy atom. The number of nitrogens with one attached hydrogen (secondary N) is 1. The smallest absolute Gasteiger partial charge is 0.421 e. The summed E-state index contributed by atoms with van der Waals surface area (Å²) in [6.07, 6.45) is 1.92. The van der Waals surface area contributed by atoms with E-state index in [-0.39, 0.29) is 17.5 Å². The molecule has 2 aliphatic rings. The third-order valence-corrected chi connectivity index (χ3v) is 5.22. The predicted octanol–water partition coefficient (Wildman–Crippen LogP) is 0.821. The topological polar surface area (TPSA) is 75.7 Å². The first-order valence-electron chi connectivity index (χ1n) is 5.47. The normalized spacial score (nSPS) is 33.4. The summed E-state index contributed by atoms with van der Waals surface area (Å²) < 4.78 is 31.6. The number of carbonyl (C=O) groups is 1. The van der Waals surface area contributed by atoms with Gasteiger partial charge in [0, 0.05) is 17.5 Å². The molecule has 0 aliphatic carbocycles. The van der Waals surface area contributed by atoms with Gasteiger partial charge in [0.15, 0.2) is 0 Å². The maximum absolute atomic E-state index is 12.0. The Balaban J connectivity index is 2.15. The molecule has 2 heterocycles. The molecule has 2 atom stereocenters. The van der Waals surface area contributed by atoms with Crippen LogP contribution in [-0.2, 0) is 14.9 Å². The first-order valence-corrected chi connectivity index (χ1v) is 7.35. The Bertz CT molecular complexity index is 399. The van der Waals surface area contributed by atoms with Gasteiger partial charge in [-0.25, -0.2) is 9.52 Å². The largest absolute Gasteiger partial charge is 0.452 e. The fourth-order valence-corrected chi connectivity index (χ4v) is 4.64. The second-order valence-electron chi connectivity index (χ2n) is 4.38. The van der Waals surface area contributed by atoms with Gasteiger partial charge in [-0.2, -0.15) is 12.7 Å². The Hall–Kier alpha value is -0.530. The molecule has 2 rings (SSSR count). The highest BCUT2D eigenvalue weighted by Gasteiger charge is 2.46. The summed E-state index contributed by atoms with van der Waals surface area (Å²) >= 11 is 6.06. The number of carbonyl (C=O) groups excluding carboxylic acids is 1. The third-order valence-electron chi connectivity index (χ3n) is 3.28. The van der Waals surface area contributed by atoms with E-state index in [9.17, 15) is 13.2 Å². The van der Waals surface area contributed by atoms with E-state index < -0.39 is 16.3 Å². The lowest BCUT2D eigenvalue weighted by Crippen LogP contribution is -2.52. The molecule has 8 heteroatoms. The van der Waals surface area contributed by atoms with E-state index in [4.69, 9.17) is 11.6 Å². The van der Waals surface area contributed by atoms with Gasteiger partial charge in [0.2, 0.25) is 0 Å². The fraction of sp³-hybridized carbons (Fsp3) is 0.889. The maximum Gasteiger partial charge on any atom is 0.421 e. The van der Waals surface area contributed by atoms with Crippen LogP contribution in [0.5, 0.6) is 0 Å². The molecule has 2 aliphatic heterocycles. The molecule has 0 saturated carbocycles. The molecule has 0 aromatic carbocycles. The second-order valence-corrected chi connectivity index (χ2v) is 6.58. The standard InChI is InChI=1S/C9H15ClN2O4S/c1-16-9(13)11-17(14,15)12-7-2-3-8(12)5-6(10)4-7/h6-8H,2-5H2,1H3,(H,11,13). The van der Waals surface area contributed by atoms with Crippen molar-refractivity contribution in [2.24, 2.45) is 0 Å². The van der Waals surface area contributed by atoms with Crippen molar-refractivity contribution in [2.75, 3.05) is 7.11 Å². The van der Waals surface area contributed by atoms with Gasteiger partial charge in [-0.05, 0) is 25.7 Å². The quantitative estimate of drug-likeness (QED) is 0.761. The second kappa shape index (κ2) is 4.62. The van der Waals surface area contributed by atoms with E-state index in [0.717, 1.165) is 20.0 Å². The number of hydrogen-bond acceptors (Lipinski definition) is 4. The minimum absolute atomic E-state index is 0.0251. The predicted molar refractivity (Wildman–Crippen MR) is 62.0 cm³/mol. The Kier molecular flexibility index (Phi) is 3.51. The lowest BCUT2D eigenvalue weighted by atomic mass is 10.1. The van der Waals surface area contributed by atoms with Gasteiger partial charge in [0.1, 0.15) is 0 Å². The zero-order chi connectivity index (χ0) is 12.6. The van der Waals surface area contributed by atoms with Crippen molar-refractivity contribution in [3.05, 3.63) is 0 Å². The van der Waals surface area contributed by atoms with Crippen LogP contribution in [-0.4, -0.2) is 43.4 Å². The van der Waals surface area contributed by atoms with Crippen LogP contribution in [0.1, 0.15) is 25.7 Å². The van der Waals surface area contributed by atoms with Gasteiger partial charge in [0.25, 0.3) is 0 Å². The summed E-state index contributed by atoms with van der Waals surface area (Å²) in [5.41, 5.74) is 0. The number of fused-ring (bicyclic) bond motifs is 2. The van der Waals surface area contributed by atoms with Gasteiger partial charge in [0.05, 0.1) is 7.11 Å². The van der Waals surface area contributed by atoms with Crippen molar-refractivity contribution in [1.82, 2.24) is 9.03 Å². The average Bonchev–Trinajstić information content (AvgIpc) is 2.52. The van der Waals surface area contributed by atoms with Gasteiger partial charge >= 0.3 is 16.3 Å². The maximum atomic E-state index is 12.0. The number of hydrogen-bond donors (Lipinski definition) is 1. The number of ether oxygens (including phenoxy) is 1. The SMILES string of the molecule is COC(=O)NS(=O)(=O)N1C2CCC1CC(Cl)C2. The Morgan fingerprint density at radius 1 is 1.35 bits per heavy atom. The molecule has 17 heavy (non-hydrogen) atoms. The number of alkyl halides is 1. The Morgan fingerprint density at radius 3 is 2.35 bits per heavy atom. The summed E-state index contributed by atoms with van der Waals surface area (Å²) in [6, 6.07) is -0.197. The number of amides is 1. The molecule has 2 saturated heterocycles. The van der Waals surface area contributed by atoms with Crippen molar-refractivity contribution in [1.29, 1.82) is 0 Å². The molecule has 1 N–H and O–H groups in total. The van der Waals surface area contributed by atoms with E-state index >= 15 is 0 Å². The highest BCUT2D eigenvalue weighted by Crippen LogP contribution is 2.39. The van der Waals surface area contributed by atoms with Crippen LogP contribution < -0.4 is 4.72 Å². The van der Waals surface area contributed by atoms with Crippen LogP contribution in [0.2, 0.25) is 0 Å². The molecular weight excluding hydrogens is 268 g/mol. The molecule has 1 amide bonds. The first kappa shape index (κ1) is 12.9. The van der Waals surface area contributed by atoms with Gasteiger partial charge in [-0.15, -0.1) is 11.6 Å². The minimum atomic E-state index is -3.80. The molecule has 0 radical (unpaired) electrons. The summed E-state index contributed by atoms with van der Waals surface area (Å²) in [4.78, 5) is 11.0. The van der Waals surface area contributed by atoms with Crippen LogP contribution in [0.4, 0.5) is 4.79 Å². The molecule has 2 fully saturated rings. The van der Waals surface area contributed by atoms with Gasteiger partial charge in [-0.1, -0.05) is 0 Å². The third kappa shape index (κ3) is 2.51. The van der Waals surface area contributed by atoms with Gasteiger partial charge < -0.3 is 4.74 Å². The molecule has 0 spiro atoms. The molecule has 2 bridgehead atoms. The highest BCUT2D eigenvalue weighted by atomic mass is 35.5. The zero-order valence-electron chi connectivity index (χ0n) is 9.43. The summed E-state index contributed by atoms with van der Waals surface area (Å²) in [5, 5.41) is 0.0251. The van der Waals surface area contributed by atoms with Crippen molar-refractivity contribution in [3.8, 4) is 0 Å². The highest BCUT2D eigenvalue weighted by molar-refractivity contribution is 7.87. The fourth-order valence-electron chi connectivity index (χ4n) is 2.66. The number of nitrogens with zero attached hydrogens (tertiary/aromatic N) is 1. The lowest BCUT2D eigenvalue weighted by Gasteiger charge is -2.35. The molecule has 0 aromatic heterocycles. The summed E-state index contributed by atoms with van der Waals surface area (Å²) in [7, 11) is -2.67. The van der Waals surface area contributed by atoms with E-state index in [2.05, 4.69) is 4.74 Å². The van der Waals surface area contributed by atoms with Crippen molar-refractivity contribution >= 4 is 27.9 Å². The van der Waals surface area contributed by atoms with Crippen molar-refractivity contribution in [2.45, 2.75) is 43.1 Å². The van der Waals surface area contributed by atoms with Crippen LogP contribution in [0, 0.1) is 0 Å². The zero-order valence-corrected chi connectivity index (χ0v) is 11.0. The molecule has 0 aromatic rings. The van der Waals surface area contributed by atoms with Crippen LogP contribution in [0.15, 0.2) is 0 Å². The summed E-state index contributed by atoms with van der Waals surface area (Å²) in [6.45, 7) is 0. The minimum Gasteiger partial charge on any atom is -0.452 e. The van der Waals surface area contributed by atoms with E-state index in [1.165, 1.54) is 4.31 Å². The number of piperidine rings is 1. The van der Waals surface area contributed by atoms with E-state index in [0.29, 0.717) is 12.8 Å². The average molecular weight is 283 g/mol. The number of rotatable bonds is 2. The van der Waals surface area contributed by atoms with Crippen LogP contribution in [0.25, 0.3) is 0 Å². The van der Waals surface area contributed by atoms with Crippen LogP contribution >= 0.6 is 11.6 Å². The van der Waals surface area contributed by atoms with Crippen LogP contribution in [0.3, 0.4) is 0 Å².